The number of halogens is 2. The molecule has 1 fully saturated rings. The van der Waals surface area contributed by atoms with Gasteiger partial charge in [0.05, 0.1) is 17.1 Å². The minimum Gasteiger partial charge on any atom is -0.294 e. The molecule has 1 aliphatic rings. The lowest BCUT2D eigenvalue weighted by molar-refractivity contribution is -0.116. The van der Waals surface area contributed by atoms with Gasteiger partial charge in [-0.1, -0.05) is 41.4 Å². The fraction of sp³-hybridized carbons (Fsp3) is 0.241. The van der Waals surface area contributed by atoms with E-state index in [1.54, 1.807) is 16.7 Å². The molecule has 1 amide bonds. The van der Waals surface area contributed by atoms with E-state index in [4.69, 9.17) is 28.2 Å². The number of hydrogen-bond donors (Lipinski definition) is 1. The maximum atomic E-state index is 13.4. The third-order valence-electron chi connectivity index (χ3n) is 6.80. The van der Waals surface area contributed by atoms with Crippen molar-refractivity contribution < 1.29 is 13.2 Å². The number of nitrogens with zero attached hydrogens (tertiary/aromatic N) is 3. The van der Waals surface area contributed by atoms with Gasteiger partial charge in [-0.05, 0) is 92.3 Å². The highest BCUT2D eigenvalue weighted by Crippen LogP contribution is 2.32. The van der Waals surface area contributed by atoms with Crippen molar-refractivity contribution >= 4 is 45.1 Å². The molecule has 1 saturated carbocycles. The van der Waals surface area contributed by atoms with Crippen molar-refractivity contribution in [3.8, 4) is 16.9 Å². The number of amides is 1. The van der Waals surface area contributed by atoms with Gasteiger partial charge in [-0.2, -0.15) is 4.31 Å². The van der Waals surface area contributed by atoms with Crippen molar-refractivity contribution in [3.05, 3.63) is 94.1 Å². The Morgan fingerprint density at radius 2 is 1.62 bits per heavy atom. The number of benzene rings is 3. The summed E-state index contributed by atoms with van der Waals surface area (Å²) < 4.78 is 29.9. The van der Waals surface area contributed by atoms with Crippen molar-refractivity contribution in [1.29, 1.82) is 0 Å². The average molecular weight is 584 g/mol. The number of carbonyl (C=O) groups excluding carboxylic acids is 1. The molecule has 10 heteroatoms. The summed E-state index contributed by atoms with van der Waals surface area (Å²) >= 11 is 12.0. The Balaban J connectivity index is 1.45. The Labute approximate surface area is 238 Å². The Kier molecular flexibility index (Phi) is 7.82. The summed E-state index contributed by atoms with van der Waals surface area (Å²) in [5.74, 6) is 0.0592. The Bertz CT molecular complexity index is 1610. The Hall–Kier alpha value is -3.17. The van der Waals surface area contributed by atoms with E-state index in [0.717, 1.165) is 35.2 Å². The fourth-order valence-electron chi connectivity index (χ4n) is 4.22. The van der Waals surface area contributed by atoms with Gasteiger partial charge in [0.2, 0.25) is 21.9 Å². The smallest absolute Gasteiger partial charge is 0.243 e. The molecule has 0 bridgehead atoms. The first-order valence-electron chi connectivity index (χ1n) is 12.6. The molecular formula is C29H28Cl2N4O3S. The van der Waals surface area contributed by atoms with E-state index in [-0.39, 0.29) is 23.9 Å². The van der Waals surface area contributed by atoms with Gasteiger partial charge in [0.15, 0.2) is 0 Å². The van der Waals surface area contributed by atoms with E-state index in [0.29, 0.717) is 21.7 Å². The maximum absolute atomic E-state index is 13.4. The molecule has 39 heavy (non-hydrogen) atoms. The first-order chi connectivity index (χ1) is 18.6. The number of rotatable bonds is 9. The predicted molar refractivity (Wildman–Crippen MR) is 155 cm³/mol. The summed E-state index contributed by atoms with van der Waals surface area (Å²) in [7, 11) is -3.90. The van der Waals surface area contributed by atoms with Crippen LogP contribution in [0.3, 0.4) is 0 Å². The minimum absolute atomic E-state index is 0.0991. The summed E-state index contributed by atoms with van der Waals surface area (Å²) in [4.78, 5) is 18.1. The summed E-state index contributed by atoms with van der Waals surface area (Å²) in [5.41, 5.74) is 4.54. The molecule has 1 N–H and O–H groups in total. The van der Waals surface area contributed by atoms with Crippen LogP contribution in [-0.4, -0.2) is 41.3 Å². The maximum Gasteiger partial charge on any atom is 0.243 e. The molecule has 0 unspecified atom stereocenters. The van der Waals surface area contributed by atoms with E-state index in [1.165, 1.54) is 28.6 Å². The molecule has 0 saturated heterocycles. The summed E-state index contributed by atoms with van der Waals surface area (Å²) in [6.45, 7) is 3.99. The number of aromatic nitrogens is 2. The summed E-state index contributed by atoms with van der Waals surface area (Å²) in [6, 6.07) is 19.2. The largest absolute Gasteiger partial charge is 0.294 e. The van der Waals surface area contributed by atoms with Crippen LogP contribution < -0.4 is 5.32 Å². The number of sulfonamides is 1. The van der Waals surface area contributed by atoms with Crippen molar-refractivity contribution in [2.45, 2.75) is 31.6 Å². The molecule has 202 valence electrons. The highest BCUT2D eigenvalue weighted by atomic mass is 35.5. The van der Waals surface area contributed by atoms with Crippen LogP contribution >= 0.6 is 23.2 Å². The third kappa shape index (κ3) is 6.36. The van der Waals surface area contributed by atoms with Crippen LogP contribution in [0.1, 0.15) is 24.0 Å². The van der Waals surface area contributed by atoms with Gasteiger partial charge in [0.1, 0.15) is 0 Å². The molecular weight excluding hydrogens is 555 g/mol. The molecule has 0 radical (unpaired) electrons. The highest BCUT2D eigenvalue weighted by Gasteiger charge is 2.33. The monoisotopic (exact) mass is 582 g/mol. The molecule has 3 aromatic carbocycles. The molecule has 1 heterocycles. The van der Waals surface area contributed by atoms with E-state index in [1.807, 2.05) is 50.4 Å². The number of nitrogens with one attached hydrogen (secondary N) is 1. The van der Waals surface area contributed by atoms with Crippen LogP contribution in [0.4, 0.5) is 5.95 Å². The number of aryl methyl sites for hydroxylation is 2. The van der Waals surface area contributed by atoms with Gasteiger partial charge in [-0.3, -0.25) is 14.7 Å². The summed E-state index contributed by atoms with van der Waals surface area (Å²) in [5, 5.41) is 3.91. The molecule has 1 aromatic heterocycles. The Morgan fingerprint density at radius 1 is 0.974 bits per heavy atom. The molecule has 4 aromatic rings. The van der Waals surface area contributed by atoms with Crippen molar-refractivity contribution in [1.82, 2.24) is 13.9 Å². The lowest BCUT2D eigenvalue weighted by Crippen LogP contribution is -2.39. The quantitative estimate of drug-likeness (QED) is 0.244. The second-order valence-electron chi connectivity index (χ2n) is 9.84. The zero-order chi connectivity index (χ0) is 27.7. The normalized spacial score (nSPS) is 13.6. The van der Waals surface area contributed by atoms with Crippen molar-refractivity contribution in [3.63, 3.8) is 0 Å². The second kappa shape index (κ2) is 11.1. The number of hydrogen-bond acceptors (Lipinski definition) is 4. The molecule has 0 aliphatic heterocycles. The van der Waals surface area contributed by atoms with Gasteiger partial charge in [-0.25, -0.2) is 13.4 Å². The van der Waals surface area contributed by atoms with E-state index in [9.17, 15) is 13.2 Å². The third-order valence-corrected chi connectivity index (χ3v) is 9.13. The van der Waals surface area contributed by atoms with E-state index >= 15 is 0 Å². The lowest BCUT2D eigenvalue weighted by atomic mass is 10.1. The number of anilines is 1. The number of imidazole rings is 1. The molecule has 7 nitrogen and oxygen atoms in total. The second-order valence-corrected chi connectivity index (χ2v) is 12.6. The van der Waals surface area contributed by atoms with Crippen molar-refractivity contribution in [2.24, 2.45) is 5.92 Å². The summed E-state index contributed by atoms with van der Waals surface area (Å²) in [6.07, 6.45) is 3.72. The molecule has 0 atom stereocenters. The van der Waals surface area contributed by atoms with Crippen LogP contribution in [0.5, 0.6) is 0 Å². The topological polar surface area (TPSA) is 84.3 Å². The van der Waals surface area contributed by atoms with Crippen LogP contribution in [0.15, 0.2) is 77.8 Å². The van der Waals surface area contributed by atoms with Crippen LogP contribution in [0, 0.1) is 19.8 Å². The first-order valence-corrected chi connectivity index (χ1v) is 14.8. The predicted octanol–water partition coefficient (Wildman–Crippen LogP) is 6.50. The zero-order valence-electron chi connectivity index (χ0n) is 21.6. The van der Waals surface area contributed by atoms with Crippen LogP contribution in [0.25, 0.3) is 16.9 Å². The van der Waals surface area contributed by atoms with Crippen molar-refractivity contribution in [2.75, 3.05) is 18.4 Å². The standard InChI is InChI=1S/C29H28Cl2N4O3S/c1-19-3-12-25(15-20(19)2)35-17-27(22-6-8-23(30)9-7-22)32-29(35)33-28(36)18-34(16-21-4-5-21)39(37,38)26-13-10-24(31)11-14-26/h3,6-15,17,21H,4-5,16,18H2,1-2H3,(H,32,33,36). The van der Waals surface area contributed by atoms with Gasteiger partial charge in [0, 0.05) is 34.0 Å². The van der Waals surface area contributed by atoms with Gasteiger partial charge in [0.25, 0.3) is 0 Å². The number of carbonyl (C=O) groups is 1. The van der Waals surface area contributed by atoms with Gasteiger partial charge in [-0.15, -0.1) is 0 Å². The molecule has 5 rings (SSSR count). The zero-order valence-corrected chi connectivity index (χ0v) is 23.9. The first kappa shape index (κ1) is 27.4. The Morgan fingerprint density at radius 3 is 2.23 bits per heavy atom. The fourth-order valence-corrected chi connectivity index (χ4v) is 5.94. The van der Waals surface area contributed by atoms with E-state index < -0.39 is 15.9 Å². The lowest BCUT2D eigenvalue weighted by Gasteiger charge is -2.22. The molecule has 0 spiro atoms. The highest BCUT2D eigenvalue weighted by molar-refractivity contribution is 7.89. The average Bonchev–Trinajstić information content (AvgIpc) is 3.63. The minimum atomic E-state index is -3.90. The SMILES string of the molecule is Cc1ccc(-n2cc(-c3ccc(Cl)cc3)nc2NC(=O)CN(CC2CC2)S(=O)(=O)c2ccc(Cl)cc2)cc1C. The van der Waals surface area contributed by atoms with Gasteiger partial charge >= 0.3 is 0 Å². The van der Waals surface area contributed by atoms with E-state index in [2.05, 4.69) is 5.32 Å². The van der Waals surface area contributed by atoms with Gasteiger partial charge < -0.3 is 0 Å². The molecule has 1 aliphatic carbocycles. The van der Waals surface area contributed by atoms with Crippen LogP contribution in [-0.2, 0) is 14.8 Å². The van der Waals surface area contributed by atoms with Crippen LogP contribution in [0.2, 0.25) is 10.0 Å².